The fraction of sp³-hybridized carbons (Fsp3) is 1.00. The molecule has 0 amide bonds. The Bertz CT molecular complexity index is 183. The molecule has 0 aliphatic rings. The van der Waals surface area contributed by atoms with Crippen LogP contribution in [-0.4, -0.2) is 75.1 Å². The highest BCUT2D eigenvalue weighted by molar-refractivity contribution is 4.60. The first-order chi connectivity index (χ1) is 8.45. The van der Waals surface area contributed by atoms with E-state index < -0.39 is 0 Å². The van der Waals surface area contributed by atoms with E-state index in [1.54, 1.807) is 0 Å². The van der Waals surface area contributed by atoms with Gasteiger partial charge in [-0.05, 0) is 53.0 Å². The van der Waals surface area contributed by atoms with Crippen LogP contribution >= 0.6 is 0 Å². The summed E-state index contributed by atoms with van der Waals surface area (Å²) in [6.07, 6.45) is 2.55. The number of rotatable bonds is 11. The largest absolute Gasteiger partial charge is 0.305 e. The van der Waals surface area contributed by atoms with Gasteiger partial charge in [0.1, 0.15) is 0 Å². The van der Waals surface area contributed by atoms with Crippen LogP contribution in [0.3, 0.4) is 0 Å². The molecule has 0 aromatic carbocycles. The van der Waals surface area contributed by atoms with Crippen molar-refractivity contribution in [2.75, 3.05) is 60.4 Å². The van der Waals surface area contributed by atoms with Crippen molar-refractivity contribution in [2.45, 2.75) is 33.6 Å². The van der Waals surface area contributed by atoms with Crippen molar-refractivity contribution in [3.63, 3.8) is 0 Å². The van der Waals surface area contributed by atoms with Gasteiger partial charge in [0.25, 0.3) is 0 Å². The molecule has 18 heavy (non-hydrogen) atoms. The average Bonchev–Trinajstić information content (AvgIpc) is 2.31. The fourth-order valence-electron chi connectivity index (χ4n) is 1.88. The zero-order valence-electron chi connectivity index (χ0n) is 13.6. The molecule has 0 aromatic rings. The number of hydrogen-bond donors (Lipinski definition) is 0. The van der Waals surface area contributed by atoms with E-state index in [-0.39, 0.29) is 0 Å². The van der Waals surface area contributed by atoms with Crippen molar-refractivity contribution in [3.8, 4) is 0 Å². The van der Waals surface area contributed by atoms with E-state index in [2.05, 4.69) is 56.6 Å². The molecule has 0 aromatic heterocycles. The summed E-state index contributed by atoms with van der Waals surface area (Å²) in [4.78, 5) is 7.31. The zero-order chi connectivity index (χ0) is 14.0. The maximum Gasteiger partial charge on any atom is 0.0107 e. The number of hydrogen-bond acceptors (Lipinski definition) is 3. The van der Waals surface area contributed by atoms with Gasteiger partial charge in [0.15, 0.2) is 0 Å². The fourth-order valence-corrected chi connectivity index (χ4v) is 1.88. The summed E-state index contributed by atoms with van der Waals surface area (Å²) in [5.41, 5.74) is 0. The van der Waals surface area contributed by atoms with E-state index in [9.17, 15) is 0 Å². The minimum absolute atomic E-state index is 0.813. The van der Waals surface area contributed by atoms with Crippen LogP contribution in [-0.2, 0) is 0 Å². The molecule has 0 saturated carbocycles. The summed E-state index contributed by atoms with van der Waals surface area (Å²) < 4.78 is 0. The third kappa shape index (κ3) is 11.0. The van der Waals surface area contributed by atoms with E-state index in [1.165, 1.54) is 52.1 Å². The first-order valence-corrected chi connectivity index (χ1v) is 7.51. The minimum atomic E-state index is 0.813. The molecule has 110 valence electrons. The smallest absolute Gasteiger partial charge is 0.0107 e. The molecule has 0 bridgehead atoms. The van der Waals surface area contributed by atoms with Gasteiger partial charge in [0.2, 0.25) is 0 Å². The summed E-state index contributed by atoms with van der Waals surface area (Å²) >= 11 is 0. The Kier molecular flexibility index (Phi) is 10.7. The van der Waals surface area contributed by atoms with Crippen LogP contribution in [0.2, 0.25) is 0 Å². The molecule has 0 N–H and O–H groups in total. The standard InChI is InChI=1S/C15H35N3/c1-7-9-16(4)11-13-18(6)14-12-17(5)10-8-15(2)3/h15H,7-14H2,1-6H3. The van der Waals surface area contributed by atoms with Crippen LogP contribution in [0, 0.1) is 5.92 Å². The van der Waals surface area contributed by atoms with Crippen LogP contribution in [0.5, 0.6) is 0 Å². The van der Waals surface area contributed by atoms with Crippen LogP contribution < -0.4 is 0 Å². The molecule has 3 heteroatoms. The molecule has 0 atom stereocenters. The predicted molar refractivity (Wildman–Crippen MR) is 82.2 cm³/mol. The molecular formula is C15H35N3. The molecule has 0 fully saturated rings. The Hall–Kier alpha value is -0.120. The van der Waals surface area contributed by atoms with Gasteiger partial charge in [-0.1, -0.05) is 20.8 Å². The molecule has 0 aliphatic heterocycles. The lowest BCUT2D eigenvalue weighted by Crippen LogP contribution is -2.36. The van der Waals surface area contributed by atoms with Gasteiger partial charge < -0.3 is 14.7 Å². The Morgan fingerprint density at radius 1 is 0.667 bits per heavy atom. The van der Waals surface area contributed by atoms with Crippen molar-refractivity contribution in [2.24, 2.45) is 5.92 Å². The van der Waals surface area contributed by atoms with E-state index in [0.29, 0.717) is 0 Å². The lowest BCUT2D eigenvalue weighted by molar-refractivity contribution is 0.222. The molecular weight excluding hydrogens is 222 g/mol. The summed E-state index contributed by atoms with van der Waals surface area (Å²) in [5, 5.41) is 0. The summed E-state index contributed by atoms with van der Waals surface area (Å²) in [7, 11) is 6.68. The Morgan fingerprint density at radius 2 is 1.06 bits per heavy atom. The van der Waals surface area contributed by atoms with Crippen LogP contribution in [0.25, 0.3) is 0 Å². The lowest BCUT2D eigenvalue weighted by Gasteiger charge is -2.24. The molecule has 0 heterocycles. The quantitative estimate of drug-likeness (QED) is 0.562. The van der Waals surface area contributed by atoms with Crippen LogP contribution in [0.15, 0.2) is 0 Å². The first-order valence-electron chi connectivity index (χ1n) is 7.51. The van der Waals surface area contributed by atoms with Crippen molar-refractivity contribution in [1.29, 1.82) is 0 Å². The van der Waals surface area contributed by atoms with Gasteiger partial charge >= 0.3 is 0 Å². The second-order valence-electron chi connectivity index (χ2n) is 6.09. The Labute approximate surface area is 115 Å². The number of nitrogens with zero attached hydrogens (tertiary/aromatic N) is 3. The third-order valence-corrected chi connectivity index (χ3v) is 3.42. The van der Waals surface area contributed by atoms with Crippen molar-refractivity contribution in [3.05, 3.63) is 0 Å². The second-order valence-corrected chi connectivity index (χ2v) is 6.09. The van der Waals surface area contributed by atoms with E-state index >= 15 is 0 Å². The molecule has 0 radical (unpaired) electrons. The highest BCUT2D eigenvalue weighted by atomic mass is 15.2. The number of likely N-dealkylation sites (N-methyl/N-ethyl adjacent to an activating group) is 3. The topological polar surface area (TPSA) is 9.72 Å². The predicted octanol–water partition coefficient (Wildman–Crippen LogP) is 2.24. The van der Waals surface area contributed by atoms with Crippen molar-refractivity contribution in [1.82, 2.24) is 14.7 Å². The summed E-state index contributed by atoms with van der Waals surface area (Å²) in [5.74, 6) is 0.813. The van der Waals surface area contributed by atoms with E-state index in [4.69, 9.17) is 0 Å². The zero-order valence-corrected chi connectivity index (χ0v) is 13.6. The van der Waals surface area contributed by atoms with Gasteiger partial charge in [0, 0.05) is 26.2 Å². The van der Waals surface area contributed by atoms with Crippen LogP contribution in [0.1, 0.15) is 33.6 Å². The normalized spacial score (nSPS) is 12.3. The van der Waals surface area contributed by atoms with Crippen molar-refractivity contribution >= 4 is 0 Å². The Balaban J connectivity index is 3.54. The molecule has 0 aliphatic carbocycles. The lowest BCUT2D eigenvalue weighted by atomic mass is 10.1. The van der Waals surface area contributed by atoms with E-state index in [1.807, 2.05) is 0 Å². The summed E-state index contributed by atoms with van der Waals surface area (Å²) in [6, 6.07) is 0. The SMILES string of the molecule is CCCN(C)CCN(C)CCN(C)CCC(C)C. The molecule has 0 spiro atoms. The van der Waals surface area contributed by atoms with Gasteiger partial charge in [-0.25, -0.2) is 0 Å². The van der Waals surface area contributed by atoms with Crippen molar-refractivity contribution < 1.29 is 0 Å². The summed E-state index contributed by atoms with van der Waals surface area (Å²) in [6.45, 7) is 14.0. The maximum absolute atomic E-state index is 2.45. The van der Waals surface area contributed by atoms with Gasteiger partial charge in [-0.15, -0.1) is 0 Å². The molecule has 0 rings (SSSR count). The van der Waals surface area contributed by atoms with Gasteiger partial charge in [-0.2, -0.15) is 0 Å². The molecule has 0 unspecified atom stereocenters. The van der Waals surface area contributed by atoms with Gasteiger partial charge in [0.05, 0.1) is 0 Å². The first kappa shape index (κ1) is 17.9. The van der Waals surface area contributed by atoms with E-state index in [0.717, 1.165) is 5.92 Å². The minimum Gasteiger partial charge on any atom is -0.305 e. The maximum atomic E-state index is 2.45. The van der Waals surface area contributed by atoms with Gasteiger partial charge in [-0.3, -0.25) is 0 Å². The average molecular weight is 257 g/mol. The highest BCUT2D eigenvalue weighted by Gasteiger charge is 2.04. The third-order valence-electron chi connectivity index (χ3n) is 3.42. The molecule has 3 nitrogen and oxygen atoms in total. The second kappa shape index (κ2) is 10.8. The van der Waals surface area contributed by atoms with Crippen LogP contribution in [0.4, 0.5) is 0 Å². The Morgan fingerprint density at radius 3 is 1.44 bits per heavy atom. The molecule has 0 saturated heterocycles. The highest BCUT2D eigenvalue weighted by Crippen LogP contribution is 2.00. The monoisotopic (exact) mass is 257 g/mol.